The maximum absolute atomic E-state index is 12.8. The van der Waals surface area contributed by atoms with E-state index in [0.29, 0.717) is 0 Å². The van der Waals surface area contributed by atoms with Crippen LogP contribution in [0, 0.1) is 0 Å². The third kappa shape index (κ3) is 3.30. The van der Waals surface area contributed by atoms with Gasteiger partial charge in [-0.25, -0.2) is 0 Å². The van der Waals surface area contributed by atoms with Crippen LogP contribution in [-0.2, 0) is 13.6 Å². The van der Waals surface area contributed by atoms with Gasteiger partial charge in [0.15, 0.2) is 0 Å². The van der Waals surface area contributed by atoms with Gasteiger partial charge in [-0.2, -0.15) is 0 Å². The molecule has 2 aromatic carbocycles. The second-order valence-electron chi connectivity index (χ2n) is 6.75. The summed E-state index contributed by atoms with van der Waals surface area (Å²) in [4.78, 5) is 17.2. The van der Waals surface area contributed by atoms with Crippen molar-refractivity contribution in [1.82, 2.24) is 14.4 Å². The highest BCUT2D eigenvalue weighted by atomic mass is 16.2. The Kier molecular flexibility index (Phi) is 4.28. The van der Waals surface area contributed by atoms with Crippen LogP contribution in [-0.4, -0.2) is 46.5 Å². The summed E-state index contributed by atoms with van der Waals surface area (Å²) >= 11 is 0. The molecule has 4 heteroatoms. The minimum absolute atomic E-state index is 0.141. The molecule has 1 saturated heterocycles. The molecule has 2 heterocycles. The molecule has 0 radical (unpaired) electrons. The maximum Gasteiger partial charge on any atom is 0.254 e. The summed E-state index contributed by atoms with van der Waals surface area (Å²) in [7, 11) is 2.01. The van der Waals surface area contributed by atoms with Gasteiger partial charge in [-0.15, -0.1) is 0 Å². The van der Waals surface area contributed by atoms with E-state index >= 15 is 0 Å². The van der Waals surface area contributed by atoms with Gasteiger partial charge in [0.05, 0.1) is 0 Å². The first-order chi connectivity index (χ1) is 12.2. The number of benzene rings is 2. The molecule has 1 aliphatic heterocycles. The van der Waals surface area contributed by atoms with Crippen molar-refractivity contribution in [2.75, 3.05) is 26.2 Å². The van der Waals surface area contributed by atoms with Crippen LogP contribution in [0.15, 0.2) is 60.8 Å². The first kappa shape index (κ1) is 15.9. The van der Waals surface area contributed by atoms with Crippen LogP contribution in [0.1, 0.15) is 15.9 Å². The largest absolute Gasteiger partial charge is 0.351 e. The van der Waals surface area contributed by atoms with Crippen molar-refractivity contribution in [3.05, 3.63) is 71.9 Å². The molecule has 1 aromatic heterocycles. The van der Waals surface area contributed by atoms with Crippen LogP contribution < -0.4 is 0 Å². The van der Waals surface area contributed by atoms with Crippen molar-refractivity contribution in [2.24, 2.45) is 7.05 Å². The smallest absolute Gasteiger partial charge is 0.254 e. The Labute approximate surface area is 148 Å². The molecule has 1 fully saturated rings. The molecule has 0 N–H and O–H groups in total. The van der Waals surface area contributed by atoms with Gasteiger partial charge in [-0.05, 0) is 29.1 Å². The number of amides is 1. The Balaban J connectivity index is 1.41. The molecule has 4 rings (SSSR count). The Morgan fingerprint density at radius 2 is 1.72 bits per heavy atom. The summed E-state index contributed by atoms with van der Waals surface area (Å²) in [6, 6.07) is 18.6. The predicted molar refractivity (Wildman–Crippen MR) is 101 cm³/mol. The van der Waals surface area contributed by atoms with Gasteiger partial charge >= 0.3 is 0 Å². The first-order valence-corrected chi connectivity index (χ1v) is 8.81. The summed E-state index contributed by atoms with van der Waals surface area (Å²) in [5.74, 6) is 0.141. The highest BCUT2D eigenvalue weighted by Crippen LogP contribution is 2.18. The molecule has 0 spiro atoms. The average Bonchev–Trinajstić information content (AvgIpc) is 3.03. The standard InChI is InChI=1S/C21H23N3O/c1-22-10-9-18-7-8-19(15-20(18)22)21(25)24-13-11-23(12-14-24)16-17-5-3-2-4-6-17/h2-10,15H,11-14,16H2,1H3. The molecule has 1 amide bonds. The summed E-state index contributed by atoms with van der Waals surface area (Å²) in [5.41, 5.74) is 3.22. The van der Waals surface area contributed by atoms with Crippen molar-refractivity contribution in [3.8, 4) is 0 Å². The van der Waals surface area contributed by atoms with E-state index in [9.17, 15) is 4.79 Å². The number of carbonyl (C=O) groups is 1. The van der Waals surface area contributed by atoms with Gasteiger partial charge in [0.1, 0.15) is 0 Å². The monoisotopic (exact) mass is 333 g/mol. The van der Waals surface area contributed by atoms with E-state index in [1.165, 1.54) is 10.9 Å². The van der Waals surface area contributed by atoms with Crippen LogP contribution in [0.3, 0.4) is 0 Å². The first-order valence-electron chi connectivity index (χ1n) is 8.81. The maximum atomic E-state index is 12.8. The molecular weight excluding hydrogens is 310 g/mol. The lowest BCUT2D eigenvalue weighted by Gasteiger charge is -2.34. The van der Waals surface area contributed by atoms with Crippen molar-refractivity contribution >= 4 is 16.8 Å². The van der Waals surface area contributed by atoms with E-state index in [0.717, 1.165) is 43.8 Å². The summed E-state index contributed by atoms with van der Waals surface area (Å²) in [5, 5.41) is 1.17. The molecule has 0 bridgehead atoms. The number of hydrogen-bond donors (Lipinski definition) is 0. The van der Waals surface area contributed by atoms with Crippen LogP contribution in [0.5, 0.6) is 0 Å². The number of fused-ring (bicyclic) bond motifs is 1. The number of aryl methyl sites for hydroxylation is 1. The van der Waals surface area contributed by atoms with E-state index in [-0.39, 0.29) is 5.91 Å². The molecular formula is C21H23N3O. The number of rotatable bonds is 3. The Morgan fingerprint density at radius 3 is 2.48 bits per heavy atom. The van der Waals surface area contributed by atoms with E-state index in [4.69, 9.17) is 0 Å². The van der Waals surface area contributed by atoms with Crippen molar-refractivity contribution in [3.63, 3.8) is 0 Å². The highest BCUT2D eigenvalue weighted by Gasteiger charge is 2.22. The van der Waals surface area contributed by atoms with Crippen LogP contribution in [0.2, 0.25) is 0 Å². The number of nitrogens with zero attached hydrogens (tertiary/aromatic N) is 3. The molecule has 0 atom stereocenters. The lowest BCUT2D eigenvalue weighted by molar-refractivity contribution is 0.0628. The topological polar surface area (TPSA) is 28.5 Å². The Hall–Kier alpha value is -2.59. The lowest BCUT2D eigenvalue weighted by Crippen LogP contribution is -2.48. The predicted octanol–water partition coefficient (Wildman–Crippen LogP) is 3.14. The van der Waals surface area contributed by atoms with Gasteiger partial charge in [0.2, 0.25) is 0 Å². The Bertz CT molecular complexity index is 877. The van der Waals surface area contributed by atoms with Crippen LogP contribution in [0.25, 0.3) is 10.9 Å². The van der Waals surface area contributed by atoms with Crippen molar-refractivity contribution in [2.45, 2.75) is 6.54 Å². The second kappa shape index (κ2) is 6.73. The molecule has 25 heavy (non-hydrogen) atoms. The summed E-state index contributed by atoms with van der Waals surface area (Å²) in [6.07, 6.45) is 2.03. The van der Waals surface area contributed by atoms with Gasteiger partial charge < -0.3 is 9.47 Å². The molecule has 0 saturated carbocycles. The fourth-order valence-electron chi connectivity index (χ4n) is 3.53. The third-order valence-electron chi connectivity index (χ3n) is 5.04. The Morgan fingerprint density at radius 1 is 0.960 bits per heavy atom. The second-order valence-corrected chi connectivity index (χ2v) is 6.75. The minimum atomic E-state index is 0.141. The fraction of sp³-hybridized carbons (Fsp3) is 0.286. The quantitative estimate of drug-likeness (QED) is 0.737. The number of carbonyl (C=O) groups excluding carboxylic acids is 1. The molecule has 4 nitrogen and oxygen atoms in total. The van der Waals surface area contributed by atoms with E-state index in [1.54, 1.807) is 0 Å². The van der Waals surface area contributed by atoms with E-state index in [2.05, 4.69) is 39.8 Å². The van der Waals surface area contributed by atoms with Crippen LogP contribution in [0.4, 0.5) is 0 Å². The van der Waals surface area contributed by atoms with Crippen molar-refractivity contribution < 1.29 is 4.79 Å². The third-order valence-corrected chi connectivity index (χ3v) is 5.04. The van der Waals surface area contributed by atoms with Gasteiger partial charge in [0.25, 0.3) is 5.91 Å². The van der Waals surface area contributed by atoms with Gasteiger partial charge in [-0.3, -0.25) is 9.69 Å². The number of aromatic nitrogens is 1. The zero-order valence-electron chi connectivity index (χ0n) is 14.6. The zero-order valence-corrected chi connectivity index (χ0v) is 14.6. The number of piperazine rings is 1. The zero-order chi connectivity index (χ0) is 17.2. The molecule has 1 aliphatic rings. The lowest BCUT2D eigenvalue weighted by atomic mass is 10.1. The molecule has 0 aliphatic carbocycles. The number of hydrogen-bond acceptors (Lipinski definition) is 2. The van der Waals surface area contributed by atoms with Gasteiger partial charge in [-0.1, -0.05) is 36.4 Å². The SMILES string of the molecule is Cn1ccc2ccc(C(=O)N3CCN(Cc4ccccc4)CC3)cc21. The van der Waals surface area contributed by atoms with E-state index in [1.807, 2.05) is 42.4 Å². The van der Waals surface area contributed by atoms with Crippen LogP contribution >= 0.6 is 0 Å². The van der Waals surface area contributed by atoms with Gasteiger partial charge in [0, 0.05) is 57.0 Å². The highest BCUT2D eigenvalue weighted by molar-refractivity contribution is 5.98. The normalized spacial score (nSPS) is 15.6. The molecule has 128 valence electrons. The average molecular weight is 333 g/mol. The van der Waals surface area contributed by atoms with Crippen molar-refractivity contribution in [1.29, 1.82) is 0 Å². The summed E-state index contributed by atoms with van der Waals surface area (Å²) in [6.45, 7) is 4.38. The molecule has 0 unspecified atom stereocenters. The summed E-state index contributed by atoms with van der Waals surface area (Å²) < 4.78 is 2.06. The van der Waals surface area contributed by atoms with E-state index < -0.39 is 0 Å². The minimum Gasteiger partial charge on any atom is -0.351 e. The fourth-order valence-corrected chi connectivity index (χ4v) is 3.53. The molecule has 3 aromatic rings.